The number of ether oxygens (including phenoxy) is 1. The summed E-state index contributed by atoms with van der Waals surface area (Å²) >= 11 is 0. The Bertz CT molecular complexity index is 712. The first-order chi connectivity index (χ1) is 12.7. The lowest BCUT2D eigenvalue weighted by Gasteiger charge is -2.21. The second kappa shape index (κ2) is 8.47. The van der Waals surface area contributed by atoms with E-state index in [1.54, 1.807) is 0 Å². The van der Waals surface area contributed by atoms with Gasteiger partial charge in [0.2, 0.25) is 11.7 Å². The second-order valence-electron chi connectivity index (χ2n) is 6.69. The Morgan fingerprint density at radius 3 is 2.46 bits per heavy atom. The normalized spacial score (nSPS) is 15.7. The average Bonchev–Trinajstić information content (AvgIpc) is 3.36. The van der Waals surface area contributed by atoms with E-state index < -0.39 is 0 Å². The van der Waals surface area contributed by atoms with Crippen LogP contribution in [-0.4, -0.2) is 47.8 Å². The van der Waals surface area contributed by atoms with Crippen LogP contribution in [0.5, 0.6) is 5.75 Å². The number of nitrogens with two attached hydrogens (primary N) is 1. The van der Waals surface area contributed by atoms with Gasteiger partial charge in [0.1, 0.15) is 12.4 Å². The molecule has 1 heterocycles. The number of nitrogens with zero attached hydrogens (tertiary/aromatic N) is 3. The van der Waals surface area contributed by atoms with Crippen LogP contribution in [0.1, 0.15) is 32.6 Å². The minimum atomic E-state index is -0.237. The predicted molar refractivity (Wildman–Crippen MR) is 102 cm³/mol. The van der Waals surface area contributed by atoms with Gasteiger partial charge < -0.3 is 19.9 Å². The molecule has 1 aromatic heterocycles. The lowest BCUT2D eigenvalue weighted by Crippen LogP contribution is -2.32. The van der Waals surface area contributed by atoms with Crippen molar-refractivity contribution in [2.75, 3.05) is 32.8 Å². The molecule has 140 valence electrons. The van der Waals surface area contributed by atoms with Crippen LogP contribution in [0.15, 0.2) is 40.9 Å². The fourth-order valence-electron chi connectivity index (χ4n) is 3.22. The minimum absolute atomic E-state index is 0.237. The number of benzene rings is 1. The van der Waals surface area contributed by atoms with E-state index in [2.05, 4.69) is 41.0 Å². The van der Waals surface area contributed by atoms with Crippen LogP contribution >= 0.6 is 0 Å². The van der Waals surface area contributed by atoms with Gasteiger partial charge in [-0.15, -0.1) is 0 Å². The summed E-state index contributed by atoms with van der Waals surface area (Å²) in [5.41, 5.74) is 6.64. The van der Waals surface area contributed by atoms with Crippen molar-refractivity contribution in [1.82, 2.24) is 15.0 Å². The summed E-state index contributed by atoms with van der Waals surface area (Å²) in [6.45, 7) is 8.51. The van der Waals surface area contributed by atoms with Gasteiger partial charge in [-0.05, 0) is 50.2 Å². The summed E-state index contributed by atoms with van der Waals surface area (Å²) in [6, 6.07) is 7.82. The van der Waals surface area contributed by atoms with Gasteiger partial charge in [0, 0.05) is 18.7 Å². The van der Waals surface area contributed by atoms with E-state index in [1.165, 1.54) is 0 Å². The molecule has 1 aliphatic carbocycles. The Balaban J connectivity index is 1.62. The summed E-state index contributed by atoms with van der Waals surface area (Å²) < 4.78 is 11.3. The van der Waals surface area contributed by atoms with Gasteiger partial charge in [0.25, 0.3) is 0 Å². The molecule has 0 radical (unpaired) electrons. The fourth-order valence-corrected chi connectivity index (χ4v) is 3.22. The molecule has 0 unspecified atom stereocenters. The number of rotatable bonds is 9. The maximum atomic E-state index is 5.97. The molecule has 6 heteroatoms. The van der Waals surface area contributed by atoms with Gasteiger partial charge in [-0.25, -0.2) is 0 Å². The van der Waals surface area contributed by atoms with Gasteiger partial charge in [0.05, 0.1) is 5.41 Å². The van der Waals surface area contributed by atoms with Crippen molar-refractivity contribution >= 4 is 0 Å². The largest absolute Gasteiger partial charge is 0.492 e. The number of likely N-dealkylation sites (N-methyl/N-ethyl adjacent to an activating group) is 1. The van der Waals surface area contributed by atoms with Crippen LogP contribution in [0.3, 0.4) is 0 Å². The van der Waals surface area contributed by atoms with Crippen molar-refractivity contribution in [3.05, 3.63) is 42.3 Å². The molecule has 0 spiro atoms. The molecule has 2 aromatic rings. The van der Waals surface area contributed by atoms with Gasteiger partial charge in [-0.3, -0.25) is 0 Å². The van der Waals surface area contributed by atoms with Gasteiger partial charge in [-0.1, -0.05) is 31.2 Å². The Morgan fingerprint density at radius 1 is 1.15 bits per heavy atom. The molecule has 0 saturated carbocycles. The molecular weight excluding hydrogens is 328 g/mol. The maximum Gasteiger partial charge on any atom is 0.235 e. The van der Waals surface area contributed by atoms with Gasteiger partial charge >= 0.3 is 0 Å². The lowest BCUT2D eigenvalue weighted by atomic mass is 9.85. The first-order valence-corrected chi connectivity index (χ1v) is 9.35. The van der Waals surface area contributed by atoms with E-state index in [0.29, 0.717) is 24.9 Å². The first kappa shape index (κ1) is 18.6. The van der Waals surface area contributed by atoms with Gasteiger partial charge in [-0.2, -0.15) is 4.98 Å². The van der Waals surface area contributed by atoms with Crippen molar-refractivity contribution in [2.24, 2.45) is 5.73 Å². The van der Waals surface area contributed by atoms with E-state index in [9.17, 15) is 0 Å². The van der Waals surface area contributed by atoms with E-state index in [4.69, 9.17) is 15.0 Å². The molecular formula is C20H28N4O2. The monoisotopic (exact) mass is 356 g/mol. The van der Waals surface area contributed by atoms with E-state index in [1.807, 2.05) is 24.3 Å². The van der Waals surface area contributed by atoms with Crippen LogP contribution < -0.4 is 10.5 Å². The highest BCUT2D eigenvalue weighted by Crippen LogP contribution is 2.36. The lowest BCUT2D eigenvalue weighted by molar-refractivity contribution is 0.223. The molecule has 6 nitrogen and oxygen atoms in total. The zero-order chi connectivity index (χ0) is 18.4. The third-order valence-electron chi connectivity index (χ3n) is 5.14. The van der Waals surface area contributed by atoms with Gasteiger partial charge in [0.15, 0.2) is 0 Å². The quantitative estimate of drug-likeness (QED) is 0.696. The highest BCUT2D eigenvalue weighted by atomic mass is 16.5. The summed E-state index contributed by atoms with van der Waals surface area (Å²) in [6.07, 6.45) is 5.96. The molecule has 3 rings (SSSR count). The molecule has 1 aliphatic rings. The molecule has 1 aromatic carbocycles. The smallest absolute Gasteiger partial charge is 0.235 e. The highest BCUT2D eigenvalue weighted by molar-refractivity contribution is 5.55. The standard InChI is InChI=1S/C20H28N4O2/c1-3-24(4-2)13-14-25-17-9-7-16(8-10-17)18-22-19(26-23-18)20(15-21)11-5-6-12-20/h5-10H,3-4,11-15,21H2,1-2H3. The third kappa shape index (κ3) is 3.97. The summed E-state index contributed by atoms with van der Waals surface area (Å²) in [4.78, 5) is 6.93. The Morgan fingerprint density at radius 2 is 1.85 bits per heavy atom. The Labute approximate surface area is 155 Å². The fraction of sp³-hybridized carbons (Fsp3) is 0.500. The topological polar surface area (TPSA) is 77.4 Å². The molecule has 26 heavy (non-hydrogen) atoms. The number of allylic oxidation sites excluding steroid dienone is 2. The molecule has 0 amide bonds. The number of aromatic nitrogens is 2. The van der Waals surface area contributed by atoms with Crippen LogP contribution in [-0.2, 0) is 5.41 Å². The second-order valence-corrected chi connectivity index (χ2v) is 6.69. The van der Waals surface area contributed by atoms with Crippen molar-refractivity contribution in [3.8, 4) is 17.1 Å². The van der Waals surface area contributed by atoms with E-state index >= 15 is 0 Å². The maximum absolute atomic E-state index is 5.97. The first-order valence-electron chi connectivity index (χ1n) is 9.35. The molecule has 0 bridgehead atoms. The summed E-state index contributed by atoms with van der Waals surface area (Å²) in [7, 11) is 0. The molecule has 0 aliphatic heterocycles. The van der Waals surface area contributed by atoms with E-state index in [-0.39, 0.29) is 5.41 Å². The third-order valence-corrected chi connectivity index (χ3v) is 5.14. The Kier molecular flexibility index (Phi) is 6.06. The van der Waals surface area contributed by atoms with Crippen LogP contribution in [0, 0.1) is 0 Å². The summed E-state index contributed by atoms with van der Waals surface area (Å²) in [5, 5.41) is 4.14. The average molecular weight is 356 g/mol. The SMILES string of the molecule is CCN(CC)CCOc1ccc(-c2noc(C3(CN)CC=CC3)n2)cc1. The predicted octanol–water partition coefficient (Wildman–Crippen LogP) is 3.00. The van der Waals surface area contributed by atoms with Crippen LogP contribution in [0.4, 0.5) is 0 Å². The van der Waals surface area contributed by atoms with Crippen LogP contribution in [0.2, 0.25) is 0 Å². The highest BCUT2D eigenvalue weighted by Gasteiger charge is 2.37. The Hall–Kier alpha value is -2.18. The molecule has 2 N–H and O–H groups in total. The molecule has 0 fully saturated rings. The van der Waals surface area contributed by atoms with E-state index in [0.717, 1.165) is 43.8 Å². The molecule has 0 atom stereocenters. The van der Waals surface area contributed by atoms with Crippen molar-refractivity contribution < 1.29 is 9.26 Å². The number of hydrogen-bond acceptors (Lipinski definition) is 6. The zero-order valence-electron chi connectivity index (χ0n) is 15.6. The van der Waals surface area contributed by atoms with Crippen molar-refractivity contribution in [2.45, 2.75) is 32.1 Å². The zero-order valence-corrected chi connectivity index (χ0v) is 15.6. The summed E-state index contributed by atoms with van der Waals surface area (Å²) in [5.74, 6) is 2.07. The van der Waals surface area contributed by atoms with Crippen molar-refractivity contribution in [1.29, 1.82) is 0 Å². The van der Waals surface area contributed by atoms with Crippen molar-refractivity contribution in [3.63, 3.8) is 0 Å². The number of hydrogen-bond donors (Lipinski definition) is 1. The molecule has 0 saturated heterocycles. The van der Waals surface area contributed by atoms with Crippen LogP contribution in [0.25, 0.3) is 11.4 Å². The minimum Gasteiger partial charge on any atom is -0.492 e.